The highest BCUT2D eigenvalue weighted by Crippen LogP contribution is 2.31. The Balaban J connectivity index is 2.30. The van der Waals surface area contributed by atoms with Gasteiger partial charge in [-0.1, -0.05) is 25.1 Å². The van der Waals surface area contributed by atoms with Gasteiger partial charge in [0, 0.05) is 18.4 Å². The third kappa shape index (κ3) is 1.87. The van der Waals surface area contributed by atoms with Crippen molar-refractivity contribution in [2.75, 3.05) is 0 Å². The Morgan fingerprint density at radius 1 is 1.47 bits per heavy atom. The second-order valence-corrected chi connectivity index (χ2v) is 3.91. The van der Waals surface area contributed by atoms with E-state index in [1.807, 2.05) is 13.0 Å². The minimum atomic E-state index is -0.211. The first-order valence-corrected chi connectivity index (χ1v) is 5.26. The topological polar surface area (TPSA) is 29.1 Å². The summed E-state index contributed by atoms with van der Waals surface area (Å²) >= 11 is 0. The molecule has 0 aliphatic carbocycles. The van der Waals surface area contributed by atoms with Gasteiger partial charge in [-0.15, -0.1) is 0 Å². The predicted octanol–water partition coefficient (Wildman–Crippen LogP) is 2.21. The molecule has 80 valence electrons. The van der Waals surface area contributed by atoms with Crippen molar-refractivity contribution in [1.29, 1.82) is 0 Å². The van der Waals surface area contributed by atoms with E-state index in [9.17, 15) is 9.18 Å². The van der Waals surface area contributed by atoms with Gasteiger partial charge in [-0.3, -0.25) is 4.79 Å². The lowest BCUT2D eigenvalue weighted by molar-refractivity contribution is -0.119. The Bertz CT molecular complexity index is 378. The number of hydrogen-bond donors (Lipinski definition) is 1. The SMILES string of the molecule is CCC1NC(=O)CC1c1ccccc1F. The molecule has 1 fully saturated rings. The fourth-order valence-corrected chi connectivity index (χ4v) is 2.20. The normalized spacial score (nSPS) is 25.3. The summed E-state index contributed by atoms with van der Waals surface area (Å²) in [6.45, 7) is 2.00. The van der Waals surface area contributed by atoms with Crippen molar-refractivity contribution >= 4 is 5.91 Å². The van der Waals surface area contributed by atoms with Crippen LogP contribution in [0.4, 0.5) is 4.39 Å². The first kappa shape index (κ1) is 10.1. The molecule has 1 saturated heterocycles. The van der Waals surface area contributed by atoms with E-state index in [1.165, 1.54) is 6.07 Å². The van der Waals surface area contributed by atoms with E-state index in [0.717, 1.165) is 6.42 Å². The standard InChI is InChI=1S/C12H14FNO/c1-2-11-9(7-12(15)14-11)8-5-3-4-6-10(8)13/h3-6,9,11H,2,7H2,1H3,(H,14,15). The van der Waals surface area contributed by atoms with Crippen molar-refractivity contribution in [3.8, 4) is 0 Å². The zero-order valence-electron chi connectivity index (χ0n) is 8.66. The average Bonchev–Trinajstić information content (AvgIpc) is 2.60. The number of carbonyl (C=O) groups excluding carboxylic acids is 1. The number of rotatable bonds is 2. The van der Waals surface area contributed by atoms with Crippen molar-refractivity contribution in [3.63, 3.8) is 0 Å². The van der Waals surface area contributed by atoms with Gasteiger partial charge in [-0.25, -0.2) is 4.39 Å². The Morgan fingerprint density at radius 2 is 2.20 bits per heavy atom. The third-order valence-corrected chi connectivity index (χ3v) is 2.98. The maximum atomic E-state index is 13.5. The summed E-state index contributed by atoms with van der Waals surface area (Å²) in [5, 5.41) is 2.87. The van der Waals surface area contributed by atoms with Crippen molar-refractivity contribution < 1.29 is 9.18 Å². The van der Waals surface area contributed by atoms with Crippen LogP contribution in [0, 0.1) is 5.82 Å². The van der Waals surface area contributed by atoms with Crippen LogP contribution in [0.2, 0.25) is 0 Å². The number of benzene rings is 1. The Hall–Kier alpha value is -1.38. The molecule has 3 heteroatoms. The highest BCUT2D eigenvalue weighted by Gasteiger charge is 2.33. The van der Waals surface area contributed by atoms with Crippen LogP contribution in [-0.4, -0.2) is 11.9 Å². The summed E-state index contributed by atoms with van der Waals surface area (Å²) in [7, 11) is 0. The molecule has 2 nitrogen and oxygen atoms in total. The molecule has 1 aromatic carbocycles. The van der Waals surface area contributed by atoms with Crippen LogP contribution < -0.4 is 5.32 Å². The Labute approximate surface area is 88.5 Å². The van der Waals surface area contributed by atoms with Crippen LogP contribution in [0.15, 0.2) is 24.3 Å². The maximum Gasteiger partial charge on any atom is 0.220 e. The summed E-state index contributed by atoms with van der Waals surface area (Å²) < 4.78 is 13.5. The highest BCUT2D eigenvalue weighted by molar-refractivity contribution is 5.80. The Morgan fingerprint density at radius 3 is 2.87 bits per heavy atom. The van der Waals surface area contributed by atoms with Gasteiger partial charge in [-0.05, 0) is 18.1 Å². The lowest BCUT2D eigenvalue weighted by Crippen LogP contribution is -2.27. The molecule has 0 spiro atoms. The fraction of sp³-hybridized carbons (Fsp3) is 0.417. The van der Waals surface area contributed by atoms with E-state index in [-0.39, 0.29) is 23.7 Å². The van der Waals surface area contributed by atoms with Gasteiger partial charge < -0.3 is 5.32 Å². The van der Waals surface area contributed by atoms with E-state index in [4.69, 9.17) is 0 Å². The molecule has 1 aliphatic rings. The average molecular weight is 207 g/mol. The molecule has 1 aliphatic heterocycles. The van der Waals surface area contributed by atoms with Gasteiger partial charge in [-0.2, -0.15) is 0 Å². The summed E-state index contributed by atoms with van der Waals surface area (Å²) in [5.41, 5.74) is 0.655. The number of amides is 1. The molecule has 1 heterocycles. The van der Waals surface area contributed by atoms with Gasteiger partial charge in [0.05, 0.1) is 0 Å². The largest absolute Gasteiger partial charge is 0.353 e. The molecule has 2 atom stereocenters. The van der Waals surface area contributed by atoms with E-state index >= 15 is 0 Å². The van der Waals surface area contributed by atoms with Crippen LogP contribution in [0.3, 0.4) is 0 Å². The van der Waals surface area contributed by atoms with Crippen molar-refractivity contribution in [1.82, 2.24) is 5.32 Å². The van der Waals surface area contributed by atoms with E-state index in [0.29, 0.717) is 12.0 Å². The first-order valence-electron chi connectivity index (χ1n) is 5.26. The van der Waals surface area contributed by atoms with E-state index < -0.39 is 0 Å². The molecule has 0 aromatic heterocycles. The summed E-state index contributed by atoms with van der Waals surface area (Å²) in [4.78, 5) is 11.3. The lowest BCUT2D eigenvalue weighted by atomic mass is 9.90. The molecular weight excluding hydrogens is 193 g/mol. The minimum absolute atomic E-state index is 0.0105. The molecule has 0 saturated carbocycles. The molecule has 15 heavy (non-hydrogen) atoms. The first-order chi connectivity index (χ1) is 7.22. The van der Waals surface area contributed by atoms with Gasteiger partial charge in [0.2, 0.25) is 5.91 Å². The molecule has 1 N–H and O–H groups in total. The smallest absolute Gasteiger partial charge is 0.220 e. The zero-order chi connectivity index (χ0) is 10.8. The van der Waals surface area contributed by atoms with Crippen LogP contribution in [0.25, 0.3) is 0 Å². The molecule has 1 amide bonds. The van der Waals surface area contributed by atoms with Gasteiger partial charge >= 0.3 is 0 Å². The van der Waals surface area contributed by atoms with Crippen molar-refractivity contribution in [3.05, 3.63) is 35.6 Å². The lowest BCUT2D eigenvalue weighted by Gasteiger charge is -2.17. The van der Waals surface area contributed by atoms with Crippen LogP contribution >= 0.6 is 0 Å². The minimum Gasteiger partial charge on any atom is -0.353 e. The van der Waals surface area contributed by atoms with Gasteiger partial charge in [0.25, 0.3) is 0 Å². The summed E-state index contributed by atoms with van der Waals surface area (Å²) in [6, 6.07) is 6.78. The number of carbonyl (C=O) groups is 1. The maximum absolute atomic E-state index is 13.5. The predicted molar refractivity (Wildman–Crippen MR) is 56.0 cm³/mol. The van der Waals surface area contributed by atoms with Crippen molar-refractivity contribution in [2.45, 2.75) is 31.7 Å². The number of halogens is 1. The van der Waals surface area contributed by atoms with Crippen LogP contribution in [0.1, 0.15) is 31.2 Å². The fourth-order valence-electron chi connectivity index (χ4n) is 2.20. The van der Waals surface area contributed by atoms with Crippen molar-refractivity contribution in [2.24, 2.45) is 0 Å². The summed E-state index contributed by atoms with van der Waals surface area (Å²) in [6.07, 6.45) is 1.24. The zero-order valence-corrected chi connectivity index (χ0v) is 8.66. The monoisotopic (exact) mass is 207 g/mol. The second kappa shape index (κ2) is 4.01. The second-order valence-electron chi connectivity index (χ2n) is 3.91. The van der Waals surface area contributed by atoms with Gasteiger partial charge in [0.1, 0.15) is 5.82 Å². The highest BCUT2D eigenvalue weighted by atomic mass is 19.1. The van der Waals surface area contributed by atoms with Crippen LogP contribution in [-0.2, 0) is 4.79 Å². The van der Waals surface area contributed by atoms with Crippen LogP contribution in [0.5, 0.6) is 0 Å². The summed E-state index contributed by atoms with van der Waals surface area (Å²) in [5.74, 6) is -0.198. The number of nitrogens with one attached hydrogen (secondary N) is 1. The molecule has 0 radical (unpaired) electrons. The third-order valence-electron chi connectivity index (χ3n) is 2.98. The van der Waals surface area contributed by atoms with E-state index in [2.05, 4.69) is 5.32 Å². The quantitative estimate of drug-likeness (QED) is 0.791. The molecule has 2 rings (SSSR count). The Kier molecular flexibility index (Phi) is 2.71. The molecule has 1 aromatic rings. The molecular formula is C12H14FNO. The van der Waals surface area contributed by atoms with Gasteiger partial charge in [0.15, 0.2) is 0 Å². The molecule has 0 bridgehead atoms. The molecule has 2 unspecified atom stereocenters. The number of hydrogen-bond acceptors (Lipinski definition) is 1. The van der Waals surface area contributed by atoms with E-state index in [1.54, 1.807) is 12.1 Å².